The highest BCUT2D eigenvalue weighted by Gasteiger charge is 2.28. The van der Waals surface area contributed by atoms with Crippen molar-refractivity contribution in [3.8, 4) is 11.1 Å². The van der Waals surface area contributed by atoms with Crippen LogP contribution in [0.3, 0.4) is 0 Å². The van der Waals surface area contributed by atoms with E-state index in [1.165, 1.54) is 0 Å². The number of amides is 2. The molecule has 1 aliphatic heterocycles. The predicted molar refractivity (Wildman–Crippen MR) is 123 cm³/mol. The van der Waals surface area contributed by atoms with Gasteiger partial charge < -0.3 is 14.7 Å². The van der Waals surface area contributed by atoms with Crippen LogP contribution in [-0.2, 0) is 22.4 Å². The summed E-state index contributed by atoms with van der Waals surface area (Å²) in [6.07, 6.45) is 1.58. The van der Waals surface area contributed by atoms with Gasteiger partial charge in [-0.25, -0.2) is 0 Å². The molecule has 2 heterocycles. The largest absolute Gasteiger partial charge is 0.361 e. The van der Waals surface area contributed by atoms with Crippen molar-refractivity contribution in [1.29, 1.82) is 0 Å². The first-order chi connectivity index (χ1) is 15.5. The Bertz CT molecular complexity index is 1070. The van der Waals surface area contributed by atoms with Crippen LogP contribution in [0.4, 0.5) is 0 Å². The molecule has 1 saturated heterocycles. The molecule has 166 valence electrons. The molecule has 2 amide bonds. The second kappa shape index (κ2) is 9.81. The molecule has 1 aliphatic rings. The molecule has 4 rings (SSSR count). The fourth-order valence-corrected chi connectivity index (χ4v) is 4.32. The van der Waals surface area contributed by atoms with Gasteiger partial charge in [-0.2, -0.15) is 0 Å². The van der Waals surface area contributed by atoms with Crippen LogP contribution in [-0.4, -0.2) is 41.5 Å². The Hall–Kier alpha value is -3.41. The first-order valence-corrected chi connectivity index (χ1v) is 11.1. The highest BCUT2D eigenvalue weighted by Crippen LogP contribution is 2.22. The molecular formula is C26H29N3O3. The van der Waals surface area contributed by atoms with Crippen LogP contribution in [0.2, 0.25) is 0 Å². The summed E-state index contributed by atoms with van der Waals surface area (Å²) in [5, 5.41) is 6.94. The van der Waals surface area contributed by atoms with Gasteiger partial charge >= 0.3 is 0 Å². The van der Waals surface area contributed by atoms with E-state index < -0.39 is 0 Å². The Morgan fingerprint density at radius 3 is 2.66 bits per heavy atom. The molecule has 0 saturated carbocycles. The molecule has 1 fully saturated rings. The van der Waals surface area contributed by atoms with E-state index in [0.29, 0.717) is 38.9 Å². The molecule has 6 heteroatoms. The number of aromatic nitrogens is 1. The van der Waals surface area contributed by atoms with Crippen LogP contribution < -0.4 is 5.32 Å². The minimum atomic E-state index is -0.272. The van der Waals surface area contributed by atoms with Crippen molar-refractivity contribution in [2.24, 2.45) is 5.92 Å². The van der Waals surface area contributed by atoms with Crippen LogP contribution >= 0.6 is 0 Å². The Labute approximate surface area is 188 Å². The maximum absolute atomic E-state index is 12.9. The number of nitrogens with one attached hydrogen (secondary N) is 1. The summed E-state index contributed by atoms with van der Waals surface area (Å²) < 4.78 is 5.20. The molecule has 1 N–H and O–H groups in total. The molecule has 0 unspecified atom stereocenters. The van der Waals surface area contributed by atoms with Crippen molar-refractivity contribution >= 4 is 11.8 Å². The number of carbonyl (C=O) groups excluding carboxylic acids is 2. The number of hydrogen-bond donors (Lipinski definition) is 1. The molecule has 1 atom stereocenters. The summed E-state index contributed by atoms with van der Waals surface area (Å²) in [6, 6.07) is 18.5. The van der Waals surface area contributed by atoms with E-state index >= 15 is 0 Å². The van der Waals surface area contributed by atoms with Crippen LogP contribution in [0.1, 0.15) is 29.0 Å². The van der Waals surface area contributed by atoms with Gasteiger partial charge in [0.25, 0.3) is 0 Å². The molecular weight excluding hydrogens is 402 g/mol. The number of nitrogens with zero attached hydrogens (tertiary/aromatic N) is 2. The maximum atomic E-state index is 12.9. The van der Waals surface area contributed by atoms with E-state index in [2.05, 4.69) is 34.7 Å². The second-order valence-electron chi connectivity index (χ2n) is 8.40. The van der Waals surface area contributed by atoms with Crippen molar-refractivity contribution in [3.05, 3.63) is 77.2 Å². The van der Waals surface area contributed by atoms with Gasteiger partial charge in [0.1, 0.15) is 5.76 Å². The Balaban J connectivity index is 1.43. The summed E-state index contributed by atoms with van der Waals surface area (Å²) >= 11 is 0. The quantitative estimate of drug-likeness (QED) is 0.646. The lowest BCUT2D eigenvalue weighted by Gasteiger charge is -2.23. The third kappa shape index (κ3) is 5.07. The fourth-order valence-electron chi connectivity index (χ4n) is 4.32. The molecule has 2 aromatic carbocycles. The van der Waals surface area contributed by atoms with Gasteiger partial charge in [-0.1, -0.05) is 59.8 Å². The first-order valence-electron chi connectivity index (χ1n) is 11.1. The zero-order valence-corrected chi connectivity index (χ0v) is 18.6. The maximum Gasteiger partial charge on any atom is 0.225 e. The zero-order valence-electron chi connectivity index (χ0n) is 18.6. The average molecular weight is 432 g/mol. The molecule has 6 nitrogen and oxygen atoms in total. The van der Waals surface area contributed by atoms with Crippen molar-refractivity contribution < 1.29 is 14.1 Å². The molecule has 3 aromatic rings. The van der Waals surface area contributed by atoms with E-state index in [4.69, 9.17) is 4.52 Å². The Kier molecular flexibility index (Phi) is 6.69. The summed E-state index contributed by atoms with van der Waals surface area (Å²) in [4.78, 5) is 27.5. The van der Waals surface area contributed by atoms with Gasteiger partial charge in [-0.05, 0) is 43.4 Å². The van der Waals surface area contributed by atoms with Crippen molar-refractivity contribution in [1.82, 2.24) is 15.4 Å². The third-order valence-electron chi connectivity index (χ3n) is 6.13. The number of hydrogen-bond acceptors (Lipinski definition) is 4. The van der Waals surface area contributed by atoms with Gasteiger partial charge in [-0.3, -0.25) is 9.59 Å². The van der Waals surface area contributed by atoms with Crippen LogP contribution in [0.5, 0.6) is 0 Å². The molecule has 0 radical (unpaired) electrons. The minimum absolute atomic E-state index is 0.0103. The number of carbonyl (C=O) groups is 2. The molecule has 0 spiro atoms. The number of aryl methyl sites for hydroxylation is 2. The van der Waals surface area contributed by atoms with Gasteiger partial charge in [0.2, 0.25) is 11.8 Å². The minimum Gasteiger partial charge on any atom is -0.361 e. The fraction of sp³-hybridized carbons (Fsp3) is 0.346. The molecule has 0 aliphatic carbocycles. The van der Waals surface area contributed by atoms with Gasteiger partial charge in [0, 0.05) is 31.6 Å². The summed E-state index contributed by atoms with van der Waals surface area (Å²) in [5.41, 5.74) is 5.20. The van der Waals surface area contributed by atoms with Gasteiger partial charge in [0.15, 0.2) is 0 Å². The lowest BCUT2D eigenvalue weighted by atomic mass is 9.95. The van der Waals surface area contributed by atoms with Gasteiger partial charge in [-0.15, -0.1) is 0 Å². The standard InChI is InChI=1S/C26H29N3O3/c1-18-24(19(2)32-28-18)11-12-25(30)29-14-13-27-26(31)23(17-29)16-20-7-6-10-22(15-20)21-8-4-3-5-9-21/h3-10,15,23H,11-14,16-17H2,1-2H3,(H,27,31)/t23-/m1/s1. The van der Waals surface area contributed by atoms with Crippen molar-refractivity contribution in [2.75, 3.05) is 19.6 Å². The number of rotatable bonds is 6. The molecule has 0 bridgehead atoms. The molecule has 1 aromatic heterocycles. The summed E-state index contributed by atoms with van der Waals surface area (Å²) in [6.45, 7) is 5.21. The lowest BCUT2D eigenvalue weighted by Crippen LogP contribution is -2.37. The highest BCUT2D eigenvalue weighted by molar-refractivity contribution is 5.82. The van der Waals surface area contributed by atoms with E-state index in [0.717, 1.165) is 33.7 Å². The van der Waals surface area contributed by atoms with Crippen LogP contribution in [0.25, 0.3) is 11.1 Å². The summed E-state index contributed by atoms with van der Waals surface area (Å²) in [7, 11) is 0. The van der Waals surface area contributed by atoms with Crippen LogP contribution in [0.15, 0.2) is 59.1 Å². The predicted octanol–water partition coefficient (Wildman–Crippen LogP) is 3.71. The van der Waals surface area contributed by atoms with E-state index in [1.54, 1.807) is 0 Å². The average Bonchev–Trinajstić information content (AvgIpc) is 3.01. The SMILES string of the molecule is Cc1noc(C)c1CCC(=O)N1CCNC(=O)[C@H](Cc2cccc(-c3ccccc3)c2)C1. The Morgan fingerprint density at radius 1 is 1.12 bits per heavy atom. The van der Waals surface area contributed by atoms with E-state index in [1.807, 2.05) is 49.1 Å². The normalized spacial score (nSPS) is 16.5. The topological polar surface area (TPSA) is 75.4 Å². The number of benzene rings is 2. The first kappa shape index (κ1) is 21.8. The zero-order chi connectivity index (χ0) is 22.5. The molecule has 32 heavy (non-hydrogen) atoms. The summed E-state index contributed by atoms with van der Waals surface area (Å²) in [5.74, 6) is 0.561. The van der Waals surface area contributed by atoms with Gasteiger partial charge in [0.05, 0.1) is 11.6 Å². The monoisotopic (exact) mass is 431 g/mol. The third-order valence-corrected chi connectivity index (χ3v) is 6.13. The smallest absolute Gasteiger partial charge is 0.225 e. The highest BCUT2D eigenvalue weighted by atomic mass is 16.5. The lowest BCUT2D eigenvalue weighted by molar-refractivity contribution is -0.132. The van der Waals surface area contributed by atoms with Crippen molar-refractivity contribution in [2.45, 2.75) is 33.1 Å². The Morgan fingerprint density at radius 2 is 1.91 bits per heavy atom. The van der Waals surface area contributed by atoms with Crippen molar-refractivity contribution in [3.63, 3.8) is 0 Å². The van der Waals surface area contributed by atoms with Crippen LogP contribution in [0, 0.1) is 19.8 Å². The van der Waals surface area contributed by atoms with E-state index in [9.17, 15) is 9.59 Å². The van der Waals surface area contributed by atoms with E-state index in [-0.39, 0.29) is 17.7 Å². The second-order valence-corrected chi connectivity index (χ2v) is 8.40.